The third-order valence-electron chi connectivity index (χ3n) is 6.26. The van der Waals surface area contributed by atoms with Gasteiger partial charge in [0.15, 0.2) is 11.5 Å². The summed E-state index contributed by atoms with van der Waals surface area (Å²) >= 11 is 4.86. The second-order valence-corrected chi connectivity index (χ2v) is 10.8. The molecule has 1 saturated heterocycles. The lowest BCUT2D eigenvalue weighted by atomic mass is 9.98. The van der Waals surface area contributed by atoms with Crippen LogP contribution >= 0.6 is 27.7 Å². The van der Waals surface area contributed by atoms with Gasteiger partial charge in [-0.15, -0.1) is 11.8 Å². The lowest BCUT2D eigenvalue weighted by molar-refractivity contribution is -0.130. The summed E-state index contributed by atoms with van der Waals surface area (Å²) < 4.78 is 11.9. The van der Waals surface area contributed by atoms with Crippen LogP contribution in [-0.4, -0.2) is 54.0 Å². The van der Waals surface area contributed by atoms with Gasteiger partial charge < -0.3 is 14.8 Å². The summed E-state index contributed by atoms with van der Waals surface area (Å²) in [7, 11) is 3.19. The number of methoxy groups -OCH3 is 2. The fraction of sp³-hybridized carbons (Fsp3) is 0.423. The molecule has 36 heavy (non-hydrogen) atoms. The lowest BCUT2D eigenvalue weighted by Crippen LogP contribution is -2.55. The average Bonchev–Trinajstić information content (AvgIpc) is 3.33. The summed E-state index contributed by atoms with van der Waals surface area (Å²) in [6.45, 7) is 2.10. The van der Waals surface area contributed by atoms with Crippen LogP contribution in [0.1, 0.15) is 49.8 Å². The van der Waals surface area contributed by atoms with Crippen molar-refractivity contribution in [2.24, 2.45) is 5.10 Å². The molecule has 0 spiro atoms. The number of halogens is 1. The minimum Gasteiger partial charge on any atom is -0.493 e. The smallest absolute Gasteiger partial charge is 0.253 e. The molecule has 8 nitrogen and oxygen atoms in total. The third kappa shape index (κ3) is 6.22. The van der Waals surface area contributed by atoms with Gasteiger partial charge in [0.25, 0.3) is 5.91 Å². The molecular formula is C26H31BrN4O4S. The number of hydrogen-bond donors (Lipinski definition) is 2. The van der Waals surface area contributed by atoms with Crippen LogP contribution in [0.3, 0.4) is 0 Å². The van der Waals surface area contributed by atoms with Crippen molar-refractivity contribution in [1.29, 1.82) is 0 Å². The highest BCUT2D eigenvalue weighted by atomic mass is 79.9. The predicted octanol–water partition coefficient (Wildman–Crippen LogP) is 4.44. The van der Waals surface area contributed by atoms with Gasteiger partial charge in [0, 0.05) is 23.4 Å². The Hall–Kier alpha value is -2.56. The van der Waals surface area contributed by atoms with Crippen molar-refractivity contribution in [2.45, 2.75) is 50.2 Å². The summed E-state index contributed by atoms with van der Waals surface area (Å²) in [5, 5.41) is 12.7. The average molecular weight is 576 g/mol. The molecule has 0 aromatic heterocycles. The Balaban J connectivity index is 1.54. The number of amides is 2. The van der Waals surface area contributed by atoms with Crippen molar-refractivity contribution in [3.8, 4) is 11.5 Å². The molecule has 0 aliphatic carbocycles. The van der Waals surface area contributed by atoms with Gasteiger partial charge >= 0.3 is 0 Å². The number of nitrogens with one attached hydrogen (secondary N) is 2. The zero-order valence-electron chi connectivity index (χ0n) is 20.6. The van der Waals surface area contributed by atoms with Gasteiger partial charge in [-0.25, -0.2) is 5.01 Å². The highest BCUT2D eigenvalue weighted by Crippen LogP contribution is 2.38. The molecule has 2 heterocycles. The lowest BCUT2D eigenvalue weighted by Gasteiger charge is -2.31. The van der Waals surface area contributed by atoms with E-state index in [2.05, 4.69) is 33.5 Å². The molecule has 4 rings (SSSR count). The van der Waals surface area contributed by atoms with E-state index in [4.69, 9.17) is 14.6 Å². The minimum absolute atomic E-state index is 0.0112. The molecule has 1 fully saturated rings. The van der Waals surface area contributed by atoms with Crippen molar-refractivity contribution < 1.29 is 19.1 Å². The number of hydrogen-bond acceptors (Lipinski definition) is 7. The van der Waals surface area contributed by atoms with Gasteiger partial charge in [0.2, 0.25) is 5.91 Å². The molecule has 0 radical (unpaired) electrons. The van der Waals surface area contributed by atoms with E-state index in [1.54, 1.807) is 19.2 Å². The quantitative estimate of drug-likeness (QED) is 0.460. The Kier molecular flexibility index (Phi) is 8.92. The van der Waals surface area contributed by atoms with Gasteiger partial charge in [-0.1, -0.05) is 47.5 Å². The molecule has 2 aromatic carbocycles. The Labute approximate surface area is 224 Å². The van der Waals surface area contributed by atoms with Crippen molar-refractivity contribution in [2.75, 3.05) is 20.0 Å². The monoisotopic (exact) mass is 574 g/mol. The van der Waals surface area contributed by atoms with Crippen LogP contribution in [0.15, 0.2) is 52.0 Å². The van der Waals surface area contributed by atoms with Gasteiger partial charge in [0.05, 0.1) is 31.7 Å². The van der Waals surface area contributed by atoms with E-state index in [1.165, 1.54) is 11.8 Å². The number of thioether (sulfide) groups is 1. The molecule has 3 unspecified atom stereocenters. The van der Waals surface area contributed by atoms with Gasteiger partial charge in [-0.05, 0) is 41.8 Å². The third-order valence-corrected chi connectivity index (χ3v) is 7.79. The predicted molar refractivity (Wildman–Crippen MR) is 145 cm³/mol. The zero-order valence-corrected chi connectivity index (χ0v) is 23.0. The van der Waals surface area contributed by atoms with Crippen LogP contribution < -0.4 is 20.1 Å². The molecule has 2 amide bonds. The van der Waals surface area contributed by atoms with Crippen molar-refractivity contribution in [3.63, 3.8) is 0 Å². The maximum atomic E-state index is 13.5. The van der Waals surface area contributed by atoms with Gasteiger partial charge in [-0.2, -0.15) is 5.10 Å². The maximum absolute atomic E-state index is 13.5. The molecule has 2 aliphatic rings. The number of nitrogens with zero attached hydrogens (tertiary/aromatic N) is 2. The van der Waals surface area contributed by atoms with Crippen LogP contribution in [0.2, 0.25) is 0 Å². The van der Waals surface area contributed by atoms with E-state index in [1.807, 2.05) is 42.5 Å². The summed E-state index contributed by atoms with van der Waals surface area (Å²) in [5.41, 5.74) is 2.42. The summed E-state index contributed by atoms with van der Waals surface area (Å²) in [6.07, 6.45) is 2.96. The number of ether oxygens (including phenoxy) is 2. The fourth-order valence-electron chi connectivity index (χ4n) is 4.46. The molecule has 3 atom stereocenters. The molecule has 2 aromatic rings. The van der Waals surface area contributed by atoms with E-state index in [-0.39, 0.29) is 35.1 Å². The van der Waals surface area contributed by atoms with Crippen molar-refractivity contribution in [1.82, 2.24) is 15.6 Å². The largest absolute Gasteiger partial charge is 0.493 e. The number of hydrazone groups is 1. The Morgan fingerprint density at radius 1 is 1.14 bits per heavy atom. The standard InChI is InChI=1S/C26H31BrN4O4S/c1-4-5-19-13-24(32)29-26(28-19)36-15-25(33)31-21(17-8-11-22(34-2)23(12-17)35-3)14-20(30-31)16-6-9-18(27)10-7-16/h6-12,19,21,26,28H,4-5,13-15H2,1-3H3,(H,29,32). The Bertz CT molecular complexity index is 1130. The summed E-state index contributed by atoms with van der Waals surface area (Å²) in [6, 6.07) is 13.5. The van der Waals surface area contributed by atoms with E-state index in [9.17, 15) is 9.59 Å². The number of carbonyl (C=O) groups excluding carboxylic acids is 2. The van der Waals surface area contributed by atoms with E-state index >= 15 is 0 Å². The second kappa shape index (κ2) is 12.1. The zero-order chi connectivity index (χ0) is 25.7. The summed E-state index contributed by atoms with van der Waals surface area (Å²) in [4.78, 5) is 25.6. The minimum atomic E-state index is -0.302. The molecule has 0 bridgehead atoms. The first kappa shape index (κ1) is 26.5. The summed E-state index contributed by atoms with van der Waals surface area (Å²) in [5.74, 6) is 1.29. The molecule has 0 saturated carbocycles. The highest BCUT2D eigenvalue weighted by molar-refractivity contribution is 9.10. The normalized spacial score (nSPS) is 21.7. The molecule has 10 heteroatoms. The van der Waals surface area contributed by atoms with Crippen molar-refractivity contribution in [3.05, 3.63) is 58.1 Å². The van der Waals surface area contributed by atoms with Crippen LogP contribution in [-0.2, 0) is 9.59 Å². The first-order valence-corrected chi connectivity index (χ1v) is 13.8. The fourth-order valence-corrected chi connectivity index (χ4v) is 5.67. The van der Waals surface area contributed by atoms with E-state index in [0.29, 0.717) is 24.3 Å². The van der Waals surface area contributed by atoms with Crippen LogP contribution in [0.5, 0.6) is 11.5 Å². The number of rotatable bonds is 9. The highest BCUT2D eigenvalue weighted by Gasteiger charge is 2.34. The van der Waals surface area contributed by atoms with Crippen LogP contribution in [0.4, 0.5) is 0 Å². The number of carbonyl (C=O) groups is 2. The Morgan fingerprint density at radius 3 is 2.58 bits per heavy atom. The van der Waals surface area contributed by atoms with E-state index in [0.717, 1.165) is 34.2 Å². The second-order valence-electron chi connectivity index (χ2n) is 8.74. The first-order chi connectivity index (χ1) is 17.4. The molecule has 192 valence electrons. The number of benzene rings is 2. The first-order valence-electron chi connectivity index (χ1n) is 12.0. The van der Waals surface area contributed by atoms with Crippen molar-refractivity contribution >= 4 is 45.2 Å². The van der Waals surface area contributed by atoms with Gasteiger partial charge in [-0.3, -0.25) is 14.9 Å². The maximum Gasteiger partial charge on any atom is 0.253 e. The SMILES string of the molecule is CCCC1CC(=O)NC(SCC(=O)N2N=C(c3ccc(Br)cc3)CC2c2ccc(OC)c(OC)c2)N1. The van der Waals surface area contributed by atoms with Crippen LogP contribution in [0.25, 0.3) is 0 Å². The molecule has 2 N–H and O–H groups in total. The van der Waals surface area contributed by atoms with E-state index < -0.39 is 0 Å². The van der Waals surface area contributed by atoms with Crippen LogP contribution in [0, 0.1) is 0 Å². The molecular weight excluding hydrogens is 544 g/mol. The molecule has 2 aliphatic heterocycles. The van der Waals surface area contributed by atoms with Gasteiger partial charge in [0.1, 0.15) is 5.50 Å². The Morgan fingerprint density at radius 2 is 1.89 bits per heavy atom. The topological polar surface area (TPSA) is 92.3 Å².